The number of hydrogen-bond donors (Lipinski definition) is 1. The van der Waals surface area contributed by atoms with Crippen molar-refractivity contribution in [3.63, 3.8) is 0 Å². The maximum atomic E-state index is 6.21. The van der Waals surface area contributed by atoms with Crippen molar-refractivity contribution < 1.29 is 0 Å². The molecular formula is C17H19ClN2. The second-order valence-electron chi connectivity index (χ2n) is 5.36. The lowest BCUT2D eigenvalue weighted by atomic mass is 10.1. The second kappa shape index (κ2) is 5.47. The number of fused-ring (bicyclic) bond motifs is 1. The average molecular weight is 287 g/mol. The van der Waals surface area contributed by atoms with E-state index < -0.39 is 0 Å². The van der Waals surface area contributed by atoms with E-state index in [2.05, 4.69) is 48.2 Å². The fraction of sp³-hybridized carbons (Fsp3) is 0.294. The van der Waals surface area contributed by atoms with Crippen LogP contribution in [0.2, 0.25) is 5.02 Å². The van der Waals surface area contributed by atoms with Crippen LogP contribution in [0.4, 0.5) is 11.4 Å². The van der Waals surface area contributed by atoms with E-state index in [4.69, 9.17) is 17.3 Å². The molecule has 1 aliphatic rings. The summed E-state index contributed by atoms with van der Waals surface area (Å²) in [6.45, 7) is 2.91. The number of para-hydroxylation sites is 1. The maximum Gasteiger partial charge on any atom is 0.0461 e. The van der Waals surface area contributed by atoms with Crippen LogP contribution in [-0.4, -0.2) is 12.6 Å². The molecule has 0 radical (unpaired) electrons. The quantitative estimate of drug-likeness (QED) is 0.926. The summed E-state index contributed by atoms with van der Waals surface area (Å²) >= 11 is 6.21. The summed E-state index contributed by atoms with van der Waals surface area (Å²) in [7, 11) is 0. The fourth-order valence-electron chi connectivity index (χ4n) is 3.06. The van der Waals surface area contributed by atoms with Crippen LogP contribution in [0, 0.1) is 0 Å². The Bertz CT molecular complexity index is 624. The van der Waals surface area contributed by atoms with Gasteiger partial charge in [-0.2, -0.15) is 0 Å². The van der Waals surface area contributed by atoms with Gasteiger partial charge in [0, 0.05) is 22.4 Å². The Balaban J connectivity index is 2.11. The Labute approximate surface area is 125 Å². The van der Waals surface area contributed by atoms with Gasteiger partial charge in [-0.15, -0.1) is 0 Å². The predicted molar refractivity (Wildman–Crippen MR) is 86.0 cm³/mol. The van der Waals surface area contributed by atoms with E-state index in [1.165, 1.54) is 22.5 Å². The monoisotopic (exact) mass is 286 g/mol. The molecule has 1 unspecified atom stereocenters. The van der Waals surface area contributed by atoms with Crippen LogP contribution in [0.15, 0.2) is 42.5 Å². The summed E-state index contributed by atoms with van der Waals surface area (Å²) in [6, 6.07) is 15.1. The van der Waals surface area contributed by atoms with Crippen LogP contribution in [-0.2, 0) is 12.8 Å². The molecule has 0 saturated carbocycles. The maximum absolute atomic E-state index is 6.21. The second-order valence-corrected chi connectivity index (χ2v) is 5.80. The Morgan fingerprint density at radius 1 is 1.20 bits per heavy atom. The molecule has 1 heterocycles. The molecular weight excluding hydrogens is 268 g/mol. The summed E-state index contributed by atoms with van der Waals surface area (Å²) in [5.41, 5.74) is 10.9. The van der Waals surface area contributed by atoms with E-state index in [9.17, 15) is 0 Å². The summed E-state index contributed by atoms with van der Waals surface area (Å²) < 4.78 is 0. The number of hydrogen-bond acceptors (Lipinski definition) is 2. The summed E-state index contributed by atoms with van der Waals surface area (Å²) in [4.78, 5) is 2.40. The van der Waals surface area contributed by atoms with Crippen molar-refractivity contribution in [1.82, 2.24) is 0 Å². The molecule has 20 heavy (non-hydrogen) atoms. The molecule has 2 N–H and O–H groups in total. The molecule has 2 nitrogen and oxygen atoms in total. The molecule has 0 spiro atoms. The first kappa shape index (κ1) is 13.5. The van der Waals surface area contributed by atoms with Gasteiger partial charge in [0.05, 0.1) is 0 Å². The molecule has 0 bridgehead atoms. The van der Waals surface area contributed by atoms with Gasteiger partial charge in [-0.1, -0.05) is 35.9 Å². The Kier molecular flexibility index (Phi) is 3.68. The van der Waals surface area contributed by atoms with Gasteiger partial charge < -0.3 is 10.6 Å². The Morgan fingerprint density at radius 3 is 2.80 bits per heavy atom. The van der Waals surface area contributed by atoms with Crippen molar-refractivity contribution in [2.75, 3.05) is 11.4 Å². The molecule has 0 saturated heterocycles. The molecule has 2 aromatic rings. The highest BCUT2D eigenvalue weighted by molar-refractivity contribution is 6.30. The number of nitrogens with two attached hydrogens (primary N) is 1. The van der Waals surface area contributed by atoms with Gasteiger partial charge in [-0.3, -0.25) is 0 Å². The van der Waals surface area contributed by atoms with Gasteiger partial charge in [-0.05, 0) is 55.6 Å². The first-order valence-corrected chi connectivity index (χ1v) is 7.44. The van der Waals surface area contributed by atoms with Gasteiger partial charge in [-0.25, -0.2) is 0 Å². The third-order valence-corrected chi connectivity index (χ3v) is 4.16. The zero-order valence-electron chi connectivity index (χ0n) is 11.6. The molecule has 0 fully saturated rings. The molecule has 1 aliphatic heterocycles. The standard InChI is InChI=1S/C17H19ClN2/c1-12-10-14-4-2-3-5-16(14)20(12)17-11-15(18)7-6-13(17)8-9-19/h2-7,11-12H,8-10,19H2,1H3. The van der Waals surface area contributed by atoms with Crippen LogP contribution < -0.4 is 10.6 Å². The SMILES string of the molecule is CC1Cc2ccccc2N1c1cc(Cl)ccc1CCN. The van der Waals surface area contributed by atoms with Gasteiger partial charge in [0.15, 0.2) is 0 Å². The third kappa shape index (κ3) is 2.30. The van der Waals surface area contributed by atoms with Crippen molar-refractivity contribution >= 4 is 23.0 Å². The van der Waals surface area contributed by atoms with Gasteiger partial charge in [0.1, 0.15) is 0 Å². The number of nitrogens with zero attached hydrogens (tertiary/aromatic N) is 1. The first-order chi connectivity index (χ1) is 9.70. The van der Waals surface area contributed by atoms with Crippen molar-refractivity contribution in [2.24, 2.45) is 5.73 Å². The van der Waals surface area contributed by atoms with Crippen LogP contribution in [0.3, 0.4) is 0 Å². The van der Waals surface area contributed by atoms with Crippen molar-refractivity contribution in [3.8, 4) is 0 Å². The van der Waals surface area contributed by atoms with Gasteiger partial charge in [0.25, 0.3) is 0 Å². The van der Waals surface area contributed by atoms with Gasteiger partial charge >= 0.3 is 0 Å². The van der Waals surface area contributed by atoms with E-state index in [1.54, 1.807) is 0 Å². The fourth-order valence-corrected chi connectivity index (χ4v) is 3.23. The molecule has 0 aromatic heterocycles. The number of benzene rings is 2. The van der Waals surface area contributed by atoms with Gasteiger partial charge in [0.2, 0.25) is 0 Å². The molecule has 0 aliphatic carbocycles. The molecule has 0 amide bonds. The molecule has 1 atom stereocenters. The first-order valence-electron chi connectivity index (χ1n) is 7.06. The van der Waals surface area contributed by atoms with Crippen LogP contribution in [0.1, 0.15) is 18.1 Å². The highest BCUT2D eigenvalue weighted by Gasteiger charge is 2.28. The van der Waals surface area contributed by atoms with E-state index in [-0.39, 0.29) is 0 Å². The van der Waals surface area contributed by atoms with Crippen LogP contribution >= 0.6 is 11.6 Å². The molecule has 3 rings (SSSR count). The Morgan fingerprint density at radius 2 is 2.00 bits per heavy atom. The molecule has 104 valence electrons. The van der Waals surface area contributed by atoms with E-state index in [0.717, 1.165) is 17.9 Å². The lowest BCUT2D eigenvalue weighted by Crippen LogP contribution is -2.25. The minimum absolute atomic E-state index is 0.447. The number of anilines is 2. The largest absolute Gasteiger partial charge is 0.338 e. The highest BCUT2D eigenvalue weighted by atomic mass is 35.5. The smallest absolute Gasteiger partial charge is 0.0461 e. The van der Waals surface area contributed by atoms with E-state index in [1.807, 2.05) is 6.07 Å². The zero-order chi connectivity index (χ0) is 14.1. The molecule has 3 heteroatoms. The Hall–Kier alpha value is -1.51. The molecule has 2 aromatic carbocycles. The lowest BCUT2D eigenvalue weighted by Gasteiger charge is -2.27. The third-order valence-electron chi connectivity index (χ3n) is 3.93. The van der Waals surface area contributed by atoms with Crippen LogP contribution in [0.5, 0.6) is 0 Å². The van der Waals surface area contributed by atoms with Crippen molar-refractivity contribution in [2.45, 2.75) is 25.8 Å². The zero-order valence-corrected chi connectivity index (χ0v) is 12.4. The normalized spacial score (nSPS) is 17.4. The predicted octanol–water partition coefficient (Wildman–Crippen LogP) is 3.92. The average Bonchev–Trinajstić information content (AvgIpc) is 2.77. The van der Waals surface area contributed by atoms with E-state index in [0.29, 0.717) is 12.6 Å². The minimum Gasteiger partial charge on any atom is -0.338 e. The van der Waals surface area contributed by atoms with E-state index >= 15 is 0 Å². The summed E-state index contributed by atoms with van der Waals surface area (Å²) in [5, 5.41) is 0.775. The van der Waals surface area contributed by atoms with Crippen LogP contribution in [0.25, 0.3) is 0 Å². The summed E-state index contributed by atoms with van der Waals surface area (Å²) in [6.07, 6.45) is 1.95. The number of halogens is 1. The van der Waals surface area contributed by atoms with Crippen molar-refractivity contribution in [3.05, 3.63) is 58.6 Å². The summed E-state index contributed by atoms with van der Waals surface area (Å²) in [5.74, 6) is 0. The van der Waals surface area contributed by atoms with Crippen molar-refractivity contribution in [1.29, 1.82) is 0 Å². The highest BCUT2D eigenvalue weighted by Crippen LogP contribution is 2.40. The topological polar surface area (TPSA) is 29.3 Å². The lowest BCUT2D eigenvalue weighted by molar-refractivity contribution is 0.754. The number of rotatable bonds is 3. The minimum atomic E-state index is 0.447.